The van der Waals surface area contributed by atoms with Gasteiger partial charge in [-0.05, 0) is 24.8 Å². The predicted molar refractivity (Wildman–Crippen MR) is 63.5 cm³/mol. The molecule has 0 heterocycles. The molecule has 0 saturated carbocycles. The van der Waals surface area contributed by atoms with Crippen molar-refractivity contribution in [2.24, 2.45) is 5.73 Å². The Labute approximate surface area is 99.4 Å². The molecule has 0 aromatic heterocycles. The fraction of sp³-hybridized carbons (Fsp3) is 0.231. The molecule has 0 aliphatic carbocycles. The van der Waals surface area contributed by atoms with Crippen LogP contribution in [0.4, 0.5) is 0 Å². The second kappa shape index (κ2) is 5.83. The van der Waals surface area contributed by atoms with Crippen LogP contribution in [-0.2, 0) is 11.2 Å². The summed E-state index contributed by atoms with van der Waals surface area (Å²) in [6.45, 7) is 1.60. The minimum atomic E-state index is -1.04. The van der Waals surface area contributed by atoms with Gasteiger partial charge in [0.1, 0.15) is 6.04 Å². The van der Waals surface area contributed by atoms with E-state index in [1.165, 1.54) is 0 Å². The molecule has 17 heavy (non-hydrogen) atoms. The topological polar surface area (TPSA) is 80.4 Å². The number of carboxylic acid groups (broad SMARTS) is 1. The van der Waals surface area contributed by atoms with Crippen molar-refractivity contribution in [3.05, 3.63) is 35.4 Å². The summed E-state index contributed by atoms with van der Waals surface area (Å²) in [4.78, 5) is 22.0. The van der Waals surface area contributed by atoms with Gasteiger partial charge in [0, 0.05) is 5.56 Å². The lowest BCUT2D eigenvalue weighted by Crippen LogP contribution is -2.32. The Morgan fingerprint density at radius 3 is 2.41 bits per heavy atom. The largest absolute Gasteiger partial charge is 0.480 e. The zero-order valence-electron chi connectivity index (χ0n) is 9.43. The number of ketones is 1. The molecule has 1 unspecified atom stereocenters. The second-order valence-electron chi connectivity index (χ2n) is 3.55. The number of hydrogen-bond acceptors (Lipinski definition) is 3. The SMILES string of the molecule is CC#CC(=O)c1ccc(CC(N)C(=O)O)cc1. The van der Waals surface area contributed by atoms with Crippen LogP contribution in [0.25, 0.3) is 0 Å². The van der Waals surface area contributed by atoms with E-state index < -0.39 is 12.0 Å². The second-order valence-corrected chi connectivity index (χ2v) is 3.55. The van der Waals surface area contributed by atoms with Gasteiger partial charge in [0.15, 0.2) is 0 Å². The minimum Gasteiger partial charge on any atom is -0.480 e. The highest BCUT2D eigenvalue weighted by Crippen LogP contribution is 2.07. The molecule has 0 bridgehead atoms. The van der Waals surface area contributed by atoms with Crippen molar-refractivity contribution in [1.82, 2.24) is 0 Å². The zero-order valence-corrected chi connectivity index (χ0v) is 9.43. The number of carbonyl (C=O) groups is 2. The summed E-state index contributed by atoms with van der Waals surface area (Å²) in [7, 11) is 0. The van der Waals surface area contributed by atoms with Crippen LogP contribution in [0.1, 0.15) is 22.8 Å². The third-order valence-corrected chi connectivity index (χ3v) is 2.23. The fourth-order valence-electron chi connectivity index (χ4n) is 1.32. The monoisotopic (exact) mass is 231 g/mol. The Hall–Kier alpha value is -2.12. The first-order chi connectivity index (χ1) is 8.04. The first kappa shape index (κ1) is 12.9. The summed E-state index contributed by atoms with van der Waals surface area (Å²) in [5.41, 5.74) is 6.68. The molecule has 1 aromatic carbocycles. The van der Waals surface area contributed by atoms with Crippen molar-refractivity contribution in [3.8, 4) is 11.8 Å². The van der Waals surface area contributed by atoms with E-state index in [2.05, 4.69) is 11.8 Å². The van der Waals surface area contributed by atoms with Crippen LogP contribution < -0.4 is 5.73 Å². The molecule has 0 fully saturated rings. The predicted octanol–water partition coefficient (Wildman–Crippen LogP) is 0.847. The Kier molecular flexibility index (Phi) is 4.44. The molecule has 88 valence electrons. The third kappa shape index (κ3) is 3.74. The summed E-state index contributed by atoms with van der Waals surface area (Å²) in [6.07, 6.45) is 0.239. The average molecular weight is 231 g/mol. The third-order valence-electron chi connectivity index (χ3n) is 2.23. The van der Waals surface area contributed by atoms with Crippen molar-refractivity contribution >= 4 is 11.8 Å². The Morgan fingerprint density at radius 2 is 1.94 bits per heavy atom. The maximum atomic E-state index is 11.4. The molecule has 4 nitrogen and oxygen atoms in total. The highest BCUT2D eigenvalue weighted by molar-refractivity contribution is 6.08. The highest BCUT2D eigenvalue weighted by Gasteiger charge is 2.12. The number of carbonyl (C=O) groups excluding carboxylic acids is 1. The lowest BCUT2D eigenvalue weighted by atomic mass is 10.0. The lowest BCUT2D eigenvalue weighted by molar-refractivity contribution is -0.138. The molecule has 0 saturated heterocycles. The number of Topliss-reactive ketones (excluding diaryl/α,β-unsaturated/α-hetero) is 1. The smallest absolute Gasteiger partial charge is 0.320 e. The summed E-state index contributed by atoms with van der Waals surface area (Å²) in [5.74, 6) is 3.67. The normalized spacial score (nSPS) is 11.2. The first-order valence-corrected chi connectivity index (χ1v) is 5.09. The van der Waals surface area contributed by atoms with Gasteiger partial charge in [-0.2, -0.15) is 0 Å². The van der Waals surface area contributed by atoms with E-state index in [0.29, 0.717) is 5.56 Å². The standard InChI is InChI=1S/C13H13NO3/c1-2-3-12(15)10-6-4-9(5-7-10)8-11(14)13(16)17/h4-7,11H,8,14H2,1H3,(H,16,17). The molecule has 1 rings (SSSR count). The van der Waals surface area contributed by atoms with Gasteiger partial charge in [-0.3, -0.25) is 9.59 Å². The van der Waals surface area contributed by atoms with E-state index in [0.717, 1.165) is 5.56 Å². The molecule has 0 spiro atoms. The number of rotatable bonds is 4. The van der Waals surface area contributed by atoms with Crippen LogP contribution in [0.5, 0.6) is 0 Å². The summed E-state index contributed by atoms with van der Waals surface area (Å²) in [6, 6.07) is 5.69. The van der Waals surface area contributed by atoms with Gasteiger partial charge in [0.05, 0.1) is 0 Å². The average Bonchev–Trinajstić information content (AvgIpc) is 2.30. The maximum Gasteiger partial charge on any atom is 0.320 e. The number of nitrogens with two attached hydrogens (primary N) is 1. The van der Waals surface area contributed by atoms with E-state index >= 15 is 0 Å². The van der Waals surface area contributed by atoms with Crippen LogP contribution in [-0.4, -0.2) is 22.9 Å². The lowest BCUT2D eigenvalue weighted by Gasteiger charge is -2.06. The molecule has 0 radical (unpaired) electrons. The zero-order chi connectivity index (χ0) is 12.8. The number of aliphatic carboxylic acids is 1. The maximum absolute atomic E-state index is 11.4. The molecule has 0 aliphatic heterocycles. The van der Waals surface area contributed by atoms with Gasteiger partial charge in [-0.1, -0.05) is 30.2 Å². The number of benzene rings is 1. The Morgan fingerprint density at radius 1 is 1.35 bits per heavy atom. The number of carboxylic acids is 1. The molecule has 3 N–H and O–H groups in total. The molecule has 4 heteroatoms. The molecule has 0 amide bonds. The highest BCUT2D eigenvalue weighted by atomic mass is 16.4. The Balaban J connectivity index is 2.77. The van der Waals surface area contributed by atoms with Crippen molar-refractivity contribution in [1.29, 1.82) is 0 Å². The van der Waals surface area contributed by atoms with Gasteiger partial charge in [-0.15, -0.1) is 0 Å². The summed E-state index contributed by atoms with van der Waals surface area (Å²) in [5, 5.41) is 8.66. The number of hydrogen-bond donors (Lipinski definition) is 2. The fourth-order valence-corrected chi connectivity index (χ4v) is 1.32. The van der Waals surface area contributed by atoms with Gasteiger partial charge >= 0.3 is 5.97 Å². The van der Waals surface area contributed by atoms with Crippen molar-refractivity contribution in [3.63, 3.8) is 0 Å². The van der Waals surface area contributed by atoms with Crippen LogP contribution in [0.2, 0.25) is 0 Å². The molecule has 1 atom stereocenters. The van der Waals surface area contributed by atoms with Gasteiger partial charge in [-0.25, -0.2) is 0 Å². The van der Waals surface area contributed by atoms with Crippen LogP contribution >= 0.6 is 0 Å². The van der Waals surface area contributed by atoms with Crippen LogP contribution in [0.3, 0.4) is 0 Å². The van der Waals surface area contributed by atoms with Gasteiger partial charge in [0.2, 0.25) is 5.78 Å². The van der Waals surface area contributed by atoms with E-state index in [4.69, 9.17) is 10.8 Å². The van der Waals surface area contributed by atoms with Crippen LogP contribution in [0.15, 0.2) is 24.3 Å². The van der Waals surface area contributed by atoms with Gasteiger partial charge in [0.25, 0.3) is 0 Å². The molecule has 1 aromatic rings. The van der Waals surface area contributed by atoms with Crippen molar-refractivity contribution < 1.29 is 14.7 Å². The van der Waals surface area contributed by atoms with E-state index in [-0.39, 0.29) is 12.2 Å². The quantitative estimate of drug-likeness (QED) is 0.457. The minimum absolute atomic E-state index is 0.239. The molecular weight excluding hydrogens is 218 g/mol. The van der Waals surface area contributed by atoms with Crippen LogP contribution in [0, 0.1) is 11.8 Å². The van der Waals surface area contributed by atoms with Crippen molar-refractivity contribution in [2.45, 2.75) is 19.4 Å². The van der Waals surface area contributed by atoms with E-state index in [1.807, 2.05) is 0 Å². The van der Waals surface area contributed by atoms with Crippen molar-refractivity contribution in [2.75, 3.05) is 0 Å². The van der Waals surface area contributed by atoms with Gasteiger partial charge < -0.3 is 10.8 Å². The molecule has 0 aliphatic rings. The van der Waals surface area contributed by atoms with E-state index in [1.54, 1.807) is 31.2 Å². The first-order valence-electron chi connectivity index (χ1n) is 5.09. The summed E-state index contributed by atoms with van der Waals surface area (Å²) >= 11 is 0. The van der Waals surface area contributed by atoms with E-state index in [9.17, 15) is 9.59 Å². The summed E-state index contributed by atoms with van der Waals surface area (Å²) < 4.78 is 0. The Bertz CT molecular complexity index is 480. The molecular formula is C13H13NO3.